The van der Waals surface area contributed by atoms with E-state index >= 15 is 0 Å². The molecule has 0 spiro atoms. The predicted molar refractivity (Wildman–Crippen MR) is 240 cm³/mol. The normalized spacial score (nSPS) is 13.6. The molecule has 0 aromatic heterocycles. The monoisotopic (exact) mass is 718 g/mol. The third-order valence-electron chi connectivity index (χ3n) is 11.9. The van der Waals surface area contributed by atoms with E-state index in [4.69, 9.17) is 0 Å². The molecule has 1 heterocycles. The van der Waals surface area contributed by atoms with Crippen LogP contribution < -0.4 is 0 Å². The molecular formula is C54H38S. The van der Waals surface area contributed by atoms with Crippen LogP contribution in [0.25, 0.3) is 98.7 Å². The van der Waals surface area contributed by atoms with Crippen molar-refractivity contribution in [3.8, 4) is 55.6 Å². The van der Waals surface area contributed by atoms with E-state index in [1.807, 2.05) is 0 Å². The summed E-state index contributed by atoms with van der Waals surface area (Å²) in [4.78, 5) is 2.95. The Kier molecular flexibility index (Phi) is 7.18. The van der Waals surface area contributed by atoms with Crippen molar-refractivity contribution >= 4 is 53.1 Å². The molecule has 0 saturated carbocycles. The van der Waals surface area contributed by atoms with Crippen molar-refractivity contribution in [1.29, 1.82) is 0 Å². The Labute approximate surface area is 323 Å². The molecule has 10 aromatic carbocycles. The van der Waals surface area contributed by atoms with Crippen molar-refractivity contribution in [3.63, 3.8) is 0 Å². The van der Waals surface area contributed by atoms with Crippen LogP contribution in [0.4, 0.5) is 0 Å². The molecule has 0 bridgehead atoms. The third-order valence-corrected chi connectivity index (χ3v) is 14.8. The Morgan fingerprint density at radius 2 is 0.691 bits per heavy atom. The average molecular weight is 719 g/mol. The summed E-state index contributed by atoms with van der Waals surface area (Å²) >= 11 is 0. The third kappa shape index (κ3) is 5.08. The molecular weight excluding hydrogens is 681 g/mol. The van der Waals surface area contributed by atoms with Crippen LogP contribution in [0.3, 0.4) is 0 Å². The van der Waals surface area contributed by atoms with Crippen LogP contribution in [0.1, 0.15) is 0 Å². The topological polar surface area (TPSA) is 0 Å². The highest BCUT2D eigenvalue weighted by molar-refractivity contribution is 8.33. The Hall–Kier alpha value is -6.41. The summed E-state index contributed by atoms with van der Waals surface area (Å²) in [5, 5.41) is 10.2. The lowest BCUT2D eigenvalue weighted by molar-refractivity contribution is 1.46. The van der Waals surface area contributed by atoms with E-state index < -0.39 is 10.0 Å². The molecule has 1 heteroatoms. The highest BCUT2D eigenvalue weighted by Gasteiger charge is 2.33. The molecule has 0 amide bonds. The van der Waals surface area contributed by atoms with Gasteiger partial charge in [-0.1, -0.05) is 164 Å². The van der Waals surface area contributed by atoms with Crippen LogP contribution >= 0.6 is 10.0 Å². The van der Waals surface area contributed by atoms with Crippen molar-refractivity contribution in [2.45, 2.75) is 9.79 Å². The predicted octanol–water partition coefficient (Wildman–Crippen LogP) is 15.4. The number of rotatable bonds is 4. The molecule has 0 saturated heterocycles. The van der Waals surface area contributed by atoms with E-state index in [1.165, 1.54) is 109 Å². The summed E-state index contributed by atoms with van der Waals surface area (Å²) in [6.07, 6.45) is 4.93. The number of benzene rings is 10. The first-order valence-corrected chi connectivity index (χ1v) is 21.5. The van der Waals surface area contributed by atoms with Crippen LogP contribution in [-0.4, -0.2) is 12.5 Å². The minimum Gasteiger partial charge on any atom is -0.192 e. The highest BCUT2D eigenvalue weighted by atomic mass is 32.3. The maximum atomic E-state index is 2.56. The molecule has 0 N–H and O–H groups in total. The quantitative estimate of drug-likeness (QED) is 0.159. The first-order valence-electron chi connectivity index (χ1n) is 19.1. The van der Waals surface area contributed by atoms with Gasteiger partial charge in [-0.25, -0.2) is 0 Å². The first-order chi connectivity index (χ1) is 27.0. The second kappa shape index (κ2) is 12.3. The highest BCUT2D eigenvalue weighted by Crippen LogP contribution is 2.68. The second-order valence-electron chi connectivity index (χ2n) is 15.3. The van der Waals surface area contributed by atoms with Crippen LogP contribution in [-0.2, 0) is 0 Å². The average Bonchev–Trinajstić information content (AvgIpc) is 3.46. The summed E-state index contributed by atoms with van der Waals surface area (Å²) in [6.45, 7) is 0. The Balaban J connectivity index is 1.13. The zero-order valence-corrected chi connectivity index (χ0v) is 31.7. The van der Waals surface area contributed by atoms with Gasteiger partial charge in [-0.15, -0.1) is 0 Å². The smallest absolute Gasteiger partial charge is 0.00219 e. The Morgan fingerprint density at radius 3 is 1.24 bits per heavy atom. The van der Waals surface area contributed by atoms with Crippen LogP contribution in [0.5, 0.6) is 0 Å². The van der Waals surface area contributed by atoms with Gasteiger partial charge in [0.2, 0.25) is 0 Å². The van der Waals surface area contributed by atoms with Crippen molar-refractivity contribution in [2.75, 3.05) is 12.5 Å². The number of hydrogen-bond donors (Lipinski definition) is 0. The lowest BCUT2D eigenvalue weighted by atomic mass is 9.84. The van der Waals surface area contributed by atoms with Gasteiger partial charge in [0.05, 0.1) is 0 Å². The zero-order chi connectivity index (χ0) is 36.7. The molecule has 0 fully saturated rings. The van der Waals surface area contributed by atoms with E-state index in [2.05, 4.69) is 207 Å². The zero-order valence-electron chi connectivity index (χ0n) is 30.9. The molecule has 55 heavy (non-hydrogen) atoms. The van der Waals surface area contributed by atoms with E-state index in [0.29, 0.717) is 0 Å². The van der Waals surface area contributed by atoms with Crippen LogP contribution in [0.15, 0.2) is 204 Å². The molecule has 0 radical (unpaired) electrons. The second-order valence-corrected chi connectivity index (χ2v) is 18.8. The molecule has 0 nitrogen and oxygen atoms in total. The van der Waals surface area contributed by atoms with Crippen LogP contribution in [0, 0.1) is 0 Å². The fourth-order valence-corrected chi connectivity index (χ4v) is 11.6. The van der Waals surface area contributed by atoms with E-state index in [9.17, 15) is 0 Å². The molecule has 11 rings (SSSR count). The molecule has 0 aliphatic carbocycles. The molecule has 0 unspecified atom stereocenters. The van der Waals surface area contributed by atoms with Gasteiger partial charge in [0, 0.05) is 9.79 Å². The van der Waals surface area contributed by atoms with E-state index in [1.54, 1.807) is 0 Å². The Morgan fingerprint density at radius 1 is 0.273 bits per heavy atom. The van der Waals surface area contributed by atoms with Gasteiger partial charge in [-0.2, -0.15) is 10.0 Å². The molecule has 1 aliphatic rings. The number of fused-ring (bicyclic) bond motifs is 7. The van der Waals surface area contributed by atoms with Gasteiger partial charge in [0.25, 0.3) is 0 Å². The van der Waals surface area contributed by atoms with Crippen molar-refractivity contribution < 1.29 is 0 Å². The largest absolute Gasteiger partial charge is 0.192 e. The summed E-state index contributed by atoms with van der Waals surface area (Å²) in [5.74, 6) is 0. The summed E-state index contributed by atoms with van der Waals surface area (Å²) < 4.78 is 0. The minimum absolute atomic E-state index is 1.20. The first kappa shape index (κ1) is 32.1. The van der Waals surface area contributed by atoms with Crippen molar-refractivity contribution in [1.82, 2.24) is 0 Å². The summed E-state index contributed by atoms with van der Waals surface area (Å²) in [6, 6.07) is 72.5. The van der Waals surface area contributed by atoms with Gasteiger partial charge in [-0.05, 0) is 142 Å². The fourth-order valence-electron chi connectivity index (χ4n) is 9.11. The van der Waals surface area contributed by atoms with Crippen molar-refractivity contribution in [3.05, 3.63) is 194 Å². The van der Waals surface area contributed by atoms with Crippen LogP contribution in [0.2, 0.25) is 0 Å². The number of hydrogen-bond acceptors (Lipinski definition) is 0. The standard InChI is InChI=1S/C54H38S/c1-55(2)51-18-10-9-15-45(51)48-33-49-50(34-52(48)55)54(40-27-21-38(22-28-40)44-30-24-36-12-4-6-14-42(36)32-44)47-17-8-7-16-46(47)53(49)39-25-19-37(20-26-39)43-29-23-35-11-3-5-13-41(35)31-43/h3-34H,1-2H3. The van der Waals surface area contributed by atoms with Gasteiger partial charge in [0.1, 0.15) is 0 Å². The maximum Gasteiger partial charge on any atom is 0.00219 e. The molecule has 10 aromatic rings. The van der Waals surface area contributed by atoms with Gasteiger partial charge in [0.15, 0.2) is 0 Å². The fraction of sp³-hybridized carbons (Fsp3) is 0.0370. The van der Waals surface area contributed by atoms with Gasteiger partial charge >= 0.3 is 0 Å². The summed E-state index contributed by atoms with van der Waals surface area (Å²) in [7, 11) is -1.20. The SMILES string of the molecule is CS1(C)c2ccccc2-c2cc3c(-c4ccc(-c5ccc6ccccc6c5)cc4)c4ccccc4c(-c4ccc(-c5ccc6ccccc6c5)cc4)c3cc21. The van der Waals surface area contributed by atoms with Gasteiger partial charge < -0.3 is 0 Å². The van der Waals surface area contributed by atoms with Crippen molar-refractivity contribution in [2.24, 2.45) is 0 Å². The van der Waals surface area contributed by atoms with Gasteiger partial charge in [-0.3, -0.25) is 0 Å². The lowest BCUT2D eigenvalue weighted by Crippen LogP contribution is -1.95. The molecule has 1 aliphatic heterocycles. The lowest BCUT2D eigenvalue weighted by Gasteiger charge is -2.29. The minimum atomic E-state index is -1.20. The van der Waals surface area contributed by atoms with E-state index in [0.717, 1.165) is 0 Å². The summed E-state index contributed by atoms with van der Waals surface area (Å²) in [5.41, 5.74) is 12.8. The molecule has 0 atom stereocenters. The Bertz CT molecular complexity index is 3150. The van der Waals surface area contributed by atoms with E-state index in [-0.39, 0.29) is 0 Å². The molecule has 260 valence electrons. The maximum absolute atomic E-state index is 2.56.